The average Bonchev–Trinajstić information content (AvgIpc) is 2.80. The van der Waals surface area contributed by atoms with Gasteiger partial charge in [-0.15, -0.1) is 0 Å². The largest absolute Gasteiger partial charge is 0.449 e. The number of amides is 1. The number of nitriles is 1. The van der Waals surface area contributed by atoms with Crippen molar-refractivity contribution in [3.8, 4) is 6.07 Å². The summed E-state index contributed by atoms with van der Waals surface area (Å²) in [6, 6.07) is 4.82. The molecule has 1 aliphatic heterocycles. The molecule has 1 aromatic rings. The van der Waals surface area contributed by atoms with Gasteiger partial charge < -0.3 is 15.1 Å². The summed E-state index contributed by atoms with van der Waals surface area (Å²) in [7, 11) is 0. The van der Waals surface area contributed by atoms with Gasteiger partial charge in [-0.2, -0.15) is 5.26 Å². The van der Waals surface area contributed by atoms with E-state index in [0.717, 1.165) is 0 Å². The number of nitrogens with zero attached hydrogens (tertiary/aromatic N) is 2. The highest BCUT2D eigenvalue weighted by atomic mass is 16.3. The summed E-state index contributed by atoms with van der Waals surface area (Å²) >= 11 is 0. The Balaban J connectivity index is 2.04. The highest BCUT2D eigenvalue weighted by Gasteiger charge is 2.28. The molecule has 0 radical (unpaired) electrons. The predicted octanol–water partition coefficient (Wildman–Crippen LogP) is 0.211. The molecular formula is C10H11N3O2. The second-order valence-corrected chi connectivity index (χ2v) is 3.53. The van der Waals surface area contributed by atoms with Crippen LogP contribution < -0.4 is 5.73 Å². The summed E-state index contributed by atoms with van der Waals surface area (Å²) < 4.78 is 5.18. The van der Waals surface area contributed by atoms with E-state index in [0.29, 0.717) is 25.3 Å². The van der Waals surface area contributed by atoms with Crippen molar-refractivity contribution in [3.63, 3.8) is 0 Å². The molecule has 5 heteroatoms. The van der Waals surface area contributed by atoms with Crippen LogP contribution in [-0.4, -0.2) is 23.4 Å². The fourth-order valence-electron chi connectivity index (χ4n) is 1.63. The highest BCUT2D eigenvalue weighted by molar-refractivity contribution is 5.83. The maximum Gasteiger partial charge on any atom is 0.239 e. The van der Waals surface area contributed by atoms with Gasteiger partial charge in [-0.25, -0.2) is 0 Å². The van der Waals surface area contributed by atoms with Gasteiger partial charge in [0, 0.05) is 6.54 Å². The molecule has 15 heavy (non-hydrogen) atoms. The minimum Gasteiger partial charge on any atom is -0.449 e. The van der Waals surface area contributed by atoms with Crippen LogP contribution in [0.25, 0.3) is 0 Å². The van der Waals surface area contributed by atoms with Gasteiger partial charge in [-0.05, 0) is 18.6 Å². The lowest BCUT2D eigenvalue weighted by Gasteiger charge is -2.13. The number of hydrogen-bond donors (Lipinski definition) is 1. The second kappa shape index (κ2) is 3.75. The normalized spacial score (nSPS) is 20.7. The Hall–Kier alpha value is -1.80. The van der Waals surface area contributed by atoms with Crippen LogP contribution in [0.15, 0.2) is 16.5 Å². The molecule has 1 saturated heterocycles. The van der Waals surface area contributed by atoms with Crippen LogP contribution in [0.2, 0.25) is 0 Å². The number of carbonyl (C=O) groups is 1. The van der Waals surface area contributed by atoms with E-state index in [2.05, 4.69) is 0 Å². The minimum atomic E-state index is -0.379. The Kier molecular flexibility index (Phi) is 2.44. The fraction of sp³-hybridized carbons (Fsp3) is 0.400. The maximum absolute atomic E-state index is 11.5. The van der Waals surface area contributed by atoms with E-state index in [4.69, 9.17) is 15.4 Å². The Labute approximate surface area is 87.1 Å². The Morgan fingerprint density at radius 3 is 3.00 bits per heavy atom. The van der Waals surface area contributed by atoms with Crippen molar-refractivity contribution in [2.75, 3.05) is 6.54 Å². The summed E-state index contributed by atoms with van der Waals surface area (Å²) in [6.45, 7) is 1.05. The van der Waals surface area contributed by atoms with E-state index in [1.807, 2.05) is 6.07 Å². The maximum atomic E-state index is 11.5. The van der Waals surface area contributed by atoms with Crippen LogP contribution in [0.3, 0.4) is 0 Å². The van der Waals surface area contributed by atoms with Gasteiger partial charge in [0.25, 0.3) is 0 Å². The molecular weight excluding hydrogens is 194 g/mol. The molecule has 5 nitrogen and oxygen atoms in total. The van der Waals surface area contributed by atoms with Crippen molar-refractivity contribution in [1.29, 1.82) is 5.26 Å². The zero-order valence-corrected chi connectivity index (χ0v) is 8.14. The molecule has 2 heterocycles. The summed E-state index contributed by atoms with van der Waals surface area (Å²) in [4.78, 5) is 13.1. The Morgan fingerprint density at radius 2 is 2.47 bits per heavy atom. The van der Waals surface area contributed by atoms with Gasteiger partial charge in [0.1, 0.15) is 11.8 Å². The van der Waals surface area contributed by atoms with Crippen LogP contribution in [0.4, 0.5) is 0 Å². The SMILES string of the molecule is N#Cc1ccc(CN2CC[C@H](N)C2=O)o1. The van der Waals surface area contributed by atoms with Crippen LogP contribution >= 0.6 is 0 Å². The number of carbonyl (C=O) groups excluding carboxylic acids is 1. The zero-order chi connectivity index (χ0) is 10.8. The van der Waals surface area contributed by atoms with Crippen LogP contribution in [0.1, 0.15) is 17.9 Å². The minimum absolute atomic E-state index is 0.0510. The van der Waals surface area contributed by atoms with Crippen molar-refractivity contribution in [1.82, 2.24) is 4.90 Å². The summed E-state index contributed by atoms with van der Waals surface area (Å²) in [5.74, 6) is 0.833. The van der Waals surface area contributed by atoms with Crippen molar-refractivity contribution < 1.29 is 9.21 Å². The van der Waals surface area contributed by atoms with E-state index in [1.54, 1.807) is 17.0 Å². The molecule has 0 spiro atoms. The molecule has 0 unspecified atom stereocenters. The number of rotatable bonds is 2. The first-order chi connectivity index (χ1) is 7.20. The summed E-state index contributed by atoms with van der Waals surface area (Å²) in [5.41, 5.74) is 5.58. The molecule has 0 saturated carbocycles. The highest BCUT2D eigenvalue weighted by Crippen LogP contribution is 2.15. The van der Waals surface area contributed by atoms with Gasteiger partial charge in [0.15, 0.2) is 0 Å². The molecule has 0 aromatic carbocycles. The van der Waals surface area contributed by atoms with Crippen LogP contribution in [0.5, 0.6) is 0 Å². The third kappa shape index (κ3) is 1.85. The number of likely N-dealkylation sites (tertiary alicyclic amines) is 1. The first-order valence-corrected chi connectivity index (χ1v) is 4.74. The van der Waals surface area contributed by atoms with Crippen LogP contribution in [0, 0.1) is 11.3 Å². The van der Waals surface area contributed by atoms with Crippen molar-refractivity contribution in [2.24, 2.45) is 5.73 Å². The first-order valence-electron chi connectivity index (χ1n) is 4.74. The third-order valence-electron chi connectivity index (χ3n) is 2.46. The van der Waals surface area contributed by atoms with Gasteiger partial charge in [-0.3, -0.25) is 4.79 Å². The molecule has 1 amide bonds. The summed E-state index contributed by atoms with van der Waals surface area (Å²) in [6.07, 6.45) is 0.685. The molecule has 78 valence electrons. The second-order valence-electron chi connectivity index (χ2n) is 3.53. The molecule has 0 bridgehead atoms. The lowest BCUT2D eigenvalue weighted by Crippen LogP contribution is -2.33. The molecule has 2 rings (SSSR count). The Bertz CT molecular complexity index is 419. The van der Waals surface area contributed by atoms with Crippen LogP contribution in [-0.2, 0) is 11.3 Å². The lowest BCUT2D eigenvalue weighted by atomic mass is 10.3. The molecule has 1 fully saturated rings. The molecule has 1 aromatic heterocycles. The number of hydrogen-bond acceptors (Lipinski definition) is 4. The topological polar surface area (TPSA) is 83.3 Å². The monoisotopic (exact) mass is 205 g/mol. The molecule has 1 aliphatic rings. The smallest absolute Gasteiger partial charge is 0.239 e. The van der Waals surface area contributed by atoms with E-state index >= 15 is 0 Å². The van der Waals surface area contributed by atoms with Gasteiger partial charge in [0.2, 0.25) is 11.7 Å². The molecule has 0 aliphatic carbocycles. The quantitative estimate of drug-likeness (QED) is 0.748. The van der Waals surface area contributed by atoms with E-state index < -0.39 is 0 Å². The van der Waals surface area contributed by atoms with Crippen molar-refractivity contribution in [2.45, 2.75) is 19.0 Å². The van der Waals surface area contributed by atoms with Crippen molar-refractivity contribution in [3.05, 3.63) is 23.7 Å². The first kappa shape index (κ1) is 9.74. The fourth-order valence-corrected chi connectivity index (χ4v) is 1.63. The Morgan fingerprint density at radius 1 is 1.67 bits per heavy atom. The zero-order valence-electron chi connectivity index (χ0n) is 8.14. The molecule has 2 N–H and O–H groups in total. The summed E-state index contributed by atoms with van der Waals surface area (Å²) in [5, 5.41) is 8.56. The number of nitrogens with two attached hydrogens (primary N) is 1. The molecule has 1 atom stereocenters. The van der Waals surface area contributed by atoms with Gasteiger partial charge >= 0.3 is 0 Å². The van der Waals surface area contributed by atoms with E-state index in [9.17, 15) is 4.79 Å². The number of furan rings is 1. The van der Waals surface area contributed by atoms with Gasteiger partial charge in [0.05, 0.1) is 12.6 Å². The van der Waals surface area contributed by atoms with Crippen molar-refractivity contribution >= 4 is 5.91 Å². The average molecular weight is 205 g/mol. The van der Waals surface area contributed by atoms with E-state index in [-0.39, 0.29) is 17.7 Å². The van der Waals surface area contributed by atoms with E-state index in [1.165, 1.54) is 0 Å². The third-order valence-corrected chi connectivity index (χ3v) is 2.46. The predicted molar refractivity (Wildman–Crippen MR) is 51.4 cm³/mol. The van der Waals surface area contributed by atoms with Gasteiger partial charge in [-0.1, -0.05) is 0 Å². The standard InChI is InChI=1S/C10H11N3O2/c11-5-7-1-2-8(15-7)6-13-4-3-9(12)10(13)14/h1-2,9H,3-4,6,12H2/t9-/m0/s1. The lowest BCUT2D eigenvalue weighted by molar-refractivity contribution is -0.129.